The molecule has 0 spiro atoms. The molecule has 0 radical (unpaired) electrons. The van der Waals surface area contributed by atoms with Crippen molar-refractivity contribution < 1.29 is 26.9 Å². The van der Waals surface area contributed by atoms with Gasteiger partial charge in [0.15, 0.2) is 0 Å². The highest BCUT2D eigenvalue weighted by molar-refractivity contribution is 7.93. The quantitative estimate of drug-likeness (QED) is 0.267. The van der Waals surface area contributed by atoms with Crippen molar-refractivity contribution in [2.45, 2.75) is 42.2 Å². The highest BCUT2D eigenvalue weighted by Crippen LogP contribution is 2.30. The van der Waals surface area contributed by atoms with E-state index in [-0.39, 0.29) is 26.6 Å². The number of ether oxygens (including phenoxy) is 1. The number of aromatic nitrogens is 1. The van der Waals surface area contributed by atoms with E-state index in [4.69, 9.17) is 20.8 Å². The van der Waals surface area contributed by atoms with Crippen molar-refractivity contribution in [1.82, 2.24) is 4.98 Å². The number of para-hydroxylation sites is 1. The number of anilines is 2. The molecule has 1 atom stereocenters. The zero-order valence-corrected chi connectivity index (χ0v) is 22.5. The molecule has 0 bridgehead atoms. The van der Waals surface area contributed by atoms with Crippen LogP contribution in [0.4, 0.5) is 16.2 Å². The van der Waals surface area contributed by atoms with Gasteiger partial charge in [-0.2, -0.15) is 8.42 Å². The Morgan fingerprint density at radius 2 is 1.89 bits per heavy atom. The first-order chi connectivity index (χ1) is 17.4. The summed E-state index contributed by atoms with van der Waals surface area (Å²) in [5.74, 6) is -0.00215. The summed E-state index contributed by atoms with van der Waals surface area (Å²) >= 11 is 4.30. The number of carbonyl (C=O) groups excluding carboxylic acids is 1. The van der Waals surface area contributed by atoms with Gasteiger partial charge >= 0.3 is 6.09 Å². The molecule has 37 heavy (non-hydrogen) atoms. The number of nitrogens with one attached hydrogen (secondary N) is 2. The van der Waals surface area contributed by atoms with E-state index in [0.29, 0.717) is 22.2 Å². The van der Waals surface area contributed by atoms with E-state index in [1.165, 1.54) is 18.3 Å². The number of nitrogens with zero attached hydrogens (tertiary/aromatic N) is 1. The third-order valence-corrected chi connectivity index (χ3v) is 7.59. The molecule has 0 aliphatic heterocycles. The van der Waals surface area contributed by atoms with E-state index in [0.717, 1.165) is 0 Å². The van der Waals surface area contributed by atoms with E-state index >= 15 is 0 Å². The number of hydrogen-bond donors (Lipinski definition) is 2. The van der Waals surface area contributed by atoms with E-state index < -0.39 is 32.9 Å². The lowest BCUT2D eigenvalue weighted by Gasteiger charge is -2.20. The molecule has 2 aromatic carbocycles. The molecule has 2 N–H and O–H groups in total. The van der Waals surface area contributed by atoms with Gasteiger partial charge in [0, 0.05) is 33.9 Å². The van der Waals surface area contributed by atoms with Gasteiger partial charge in [-0.25, -0.2) is 9.78 Å². The molecule has 2 heterocycles. The van der Waals surface area contributed by atoms with E-state index in [1.54, 1.807) is 69.3 Å². The maximum Gasteiger partial charge on any atom is 0.412 e. The summed E-state index contributed by atoms with van der Waals surface area (Å²) in [4.78, 5) is 16.2. The topological polar surface area (TPSA) is 134 Å². The van der Waals surface area contributed by atoms with Crippen LogP contribution in [0, 0.1) is 0 Å². The maximum absolute atomic E-state index is 13.3. The van der Waals surface area contributed by atoms with E-state index in [9.17, 15) is 17.8 Å². The van der Waals surface area contributed by atoms with E-state index in [2.05, 4.69) is 15.0 Å². The lowest BCUT2D eigenvalue weighted by atomic mass is 10.2. The summed E-state index contributed by atoms with van der Waals surface area (Å²) in [7, 11) is -4.17. The molecule has 4 rings (SSSR count). The maximum atomic E-state index is 13.3. The number of rotatable bonds is 7. The Labute approximate surface area is 222 Å². The first-order valence-electron chi connectivity index (χ1n) is 11.0. The Bertz CT molecular complexity index is 1520. The molecule has 12 heteroatoms. The zero-order valence-electron chi connectivity index (χ0n) is 20.1. The number of pyridine rings is 1. The van der Waals surface area contributed by atoms with Crippen molar-refractivity contribution in [3.8, 4) is 0 Å². The minimum Gasteiger partial charge on any atom is -0.610 e. The van der Waals surface area contributed by atoms with Crippen molar-refractivity contribution >= 4 is 61.2 Å². The van der Waals surface area contributed by atoms with Crippen LogP contribution in [0.1, 0.15) is 26.3 Å². The van der Waals surface area contributed by atoms with Gasteiger partial charge in [-0.1, -0.05) is 41.9 Å². The van der Waals surface area contributed by atoms with Crippen LogP contribution in [0.2, 0.25) is 5.02 Å². The van der Waals surface area contributed by atoms with Crippen molar-refractivity contribution in [1.29, 1.82) is 0 Å². The minimum atomic E-state index is -4.17. The highest BCUT2D eigenvalue weighted by Gasteiger charge is 2.26. The Kier molecular flexibility index (Phi) is 7.69. The van der Waals surface area contributed by atoms with Crippen LogP contribution in [0.15, 0.2) is 81.4 Å². The Morgan fingerprint density at radius 3 is 2.62 bits per heavy atom. The summed E-state index contributed by atoms with van der Waals surface area (Å²) < 4.78 is 52.5. The van der Waals surface area contributed by atoms with Gasteiger partial charge in [0.05, 0.1) is 11.2 Å². The van der Waals surface area contributed by atoms with Crippen LogP contribution in [0.25, 0.3) is 11.0 Å². The van der Waals surface area contributed by atoms with Gasteiger partial charge < -0.3 is 13.7 Å². The van der Waals surface area contributed by atoms with Crippen molar-refractivity contribution in [3.63, 3.8) is 0 Å². The SMILES string of the molecule is CC(C)(C)OC(=O)Nc1cccc(C[S+]([O-])c2ncc(Cl)cc2NS(=O)(=O)c2cc3ccccc3o2)c1. The zero-order chi connectivity index (χ0) is 26.8. The van der Waals surface area contributed by atoms with Crippen LogP contribution >= 0.6 is 11.6 Å². The summed E-state index contributed by atoms with van der Waals surface area (Å²) in [6.07, 6.45) is 0.668. The summed E-state index contributed by atoms with van der Waals surface area (Å²) in [6, 6.07) is 16.4. The Balaban J connectivity index is 1.54. The number of carbonyl (C=O) groups is 1. The fraction of sp³-hybridized carbons (Fsp3) is 0.200. The molecular weight excluding hydrogens is 538 g/mol. The fourth-order valence-corrected chi connectivity index (χ4v) is 5.74. The molecule has 0 aliphatic carbocycles. The second kappa shape index (κ2) is 10.6. The second-order valence-corrected chi connectivity index (χ2v) is 12.4. The predicted molar refractivity (Wildman–Crippen MR) is 143 cm³/mol. The number of fused-ring (bicyclic) bond motifs is 1. The van der Waals surface area contributed by atoms with Crippen molar-refractivity contribution in [2.75, 3.05) is 10.0 Å². The van der Waals surface area contributed by atoms with Crippen LogP contribution in [0.3, 0.4) is 0 Å². The van der Waals surface area contributed by atoms with Crippen LogP contribution in [-0.4, -0.2) is 29.6 Å². The average Bonchev–Trinajstić information content (AvgIpc) is 3.23. The molecule has 0 saturated carbocycles. The molecule has 1 amide bonds. The van der Waals surface area contributed by atoms with Crippen LogP contribution < -0.4 is 10.0 Å². The third kappa shape index (κ3) is 6.95. The Morgan fingerprint density at radius 1 is 1.14 bits per heavy atom. The molecule has 9 nitrogen and oxygen atoms in total. The monoisotopic (exact) mass is 561 g/mol. The number of halogens is 1. The average molecular weight is 562 g/mol. The lowest BCUT2D eigenvalue weighted by Crippen LogP contribution is -2.27. The molecular formula is C25H24ClN3O6S2. The normalized spacial score (nSPS) is 12.8. The van der Waals surface area contributed by atoms with Crippen molar-refractivity contribution in [3.05, 3.63) is 77.4 Å². The number of benzene rings is 2. The Hall–Kier alpha value is -3.25. The minimum absolute atomic E-state index is 0.00215. The van der Waals surface area contributed by atoms with Gasteiger partial charge in [-0.05, 0) is 45.0 Å². The smallest absolute Gasteiger partial charge is 0.412 e. The predicted octanol–water partition coefficient (Wildman–Crippen LogP) is 5.94. The van der Waals surface area contributed by atoms with Gasteiger partial charge in [0.2, 0.25) is 5.09 Å². The first kappa shape index (κ1) is 26.8. The largest absolute Gasteiger partial charge is 0.610 e. The van der Waals surface area contributed by atoms with Crippen LogP contribution in [0.5, 0.6) is 0 Å². The molecule has 1 unspecified atom stereocenters. The van der Waals surface area contributed by atoms with Gasteiger partial charge in [0.1, 0.15) is 22.6 Å². The molecule has 2 aromatic heterocycles. The molecule has 194 valence electrons. The number of sulfonamides is 1. The first-order valence-corrected chi connectivity index (χ1v) is 14.2. The number of hydrogen-bond acceptors (Lipinski definition) is 7. The van der Waals surface area contributed by atoms with Gasteiger partial charge in [-0.15, -0.1) is 0 Å². The number of furan rings is 1. The highest BCUT2D eigenvalue weighted by atomic mass is 35.5. The summed E-state index contributed by atoms with van der Waals surface area (Å²) in [6.45, 7) is 5.27. The van der Waals surface area contributed by atoms with Crippen molar-refractivity contribution in [2.24, 2.45) is 0 Å². The van der Waals surface area contributed by atoms with Gasteiger partial charge in [-0.3, -0.25) is 10.0 Å². The van der Waals surface area contributed by atoms with E-state index in [1.807, 2.05) is 0 Å². The summed E-state index contributed by atoms with van der Waals surface area (Å²) in [5, 5.41) is 3.11. The molecule has 0 saturated heterocycles. The number of amides is 1. The summed E-state index contributed by atoms with van der Waals surface area (Å²) in [5.41, 5.74) is 0.800. The lowest BCUT2D eigenvalue weighted by molar-refractivity contribution is 0.0636. The second-order valence-electron chi connectivity index (χ2n) is 9.03. The molecule has 4 aromatic rings. The molecule has 0 fully saturated rings. The van der Waals surface area contributed by atoms with Gasteiger partial charge in [0.25, 0.3) is 15.0 Å². The standard InChI is InChI=1S/C25H24ClN3O6S2/c1-25(2,3)35-24(30)28-19-9-6-7-16(11-19)15-36(31)23-20(13-18(26)14-27-23)29-37(32,33)22-12-17-8-4-5-10-21(17)34-22/h4-14,29H,15H2,1-3H3,(H,28,30). The molecule has 0 aliphatic rings. The third-order valence-electron chi connectivity index (χ3n) is 4.82. The van der Waals surface area contributed by atoms with Crippen LogP contribution in [-0.2, 0) is 31.7 Å². The fourth-order valence-electron chi connectivity index (χ4n) is 3.35.